The molecule has 0 fully saturated rings. The van der Waals surface area contributed by atoms with E-state index in [1.54, 1.807) is 0 Å². The van der Waals surface area contributed by atoms with Gasteiger partial charge in [-0.3, -0.25) is 0 Å². The lowest BCUT2D eigenvalue weighted by molar-refractivity contribution is 0.320. The van der Waals surface area contributed by atoms with Crippen molar-refractivity contribution < 1.29 is 4.43 Å². The number of rotatable bonds is 6. The predicted octanol–water partition coefficient (Wildman–Crippen LogP) is 1.61. The van der Waals surface area contributed by atoms with Crippen LogP contribution in [0.15, 0.2) is 0 Å². The number of unbranched alkanes of at least 4 members (excludes halogenated alkanes) is 1. The Balaban J connectivity index is 2.97. The molecule has 0 aromatic heterocycles. The summed E-state index contributed by atoms with van der Waals surface area (Å²) in [5, 5.41) is 8.20. The van der Waals surface area contributed by atoms with Crippen LogP contribution in [0.25, 0.3) is 0 Å². The number of hydrogen-bond donors (Lipinski definition) is 0. The quantitative estimate of drug-likeness (QED) is 0.380. The Hall–Kier alpha value is 0.247. The second-order valence-corrected chi connectivity index (χ2v) is 4.29. The molecule has 0 spiro atoms. The zero-order valence-electron chi connectivity index (χ0n) is 6.22. The second kappa shape index (κ2) is 8.34. The van der Waals surface area contributed by atoms with Gasteiger partial charge in [0.25, 0.3) is 0 Å². The molecule has 0 aliphatic heterocycles. The lowest BCUT2D eigenvalue weighted by Gasteiger charge is -2.05. The molecule has 0 saturated carbocycles. The molecule has 0 aliphatic carbocycles. The molecule has 0 aliphatic rings. The van der Waals surface area contributed by atoms with Gasteiger partial charge in [-0.2, -0.15) is 5.26 Å². The third-order valence-corrected chi connectivity index (χ3v) is 3.46. The van der Waals surface area contributed by atoms with Crippen molar-refractivity contribution in [3.8, 4) is 6.07 Å². The molecule has 0 amide bonds. The molecule has 64 valence electrons. The first kappa shape index (κ1) is 11.2. The largest absolute Gasteiger partial charge is 0.407 e. The van der Waals surface area contributed by atoms with Crippen molar-refractivity contribution in [1.82, 2.24) is 0 Å². The molecule has 11 heavy (non-hydrogen) atoms. The maximum atomic E-state index is 8.20. The van der Waals surface area contributed by atoms with Gasteiger partial charge in [-0.15, -0.1) is 11.6 Å². The van der Waals surface area contributed by atoms with Crippen molar-refractivity contribution in [2.75, 3.05) is 5.88 Å². The van der Waals surface area contributed by atoms with Crippen molar-refractivity contribution in [3.05, 3.63) is 0 Å². The summed E-state index contributed by atoms with van der Waals surface area (Å²) in [5.74, 6) is 0.340. The minimum atomic E-state index is -0.535. The van der Waals surface area contributed by atoms with Gasteiger partial charge in [0.15, 0.2) is 9.76 Å². The fourth-order valence-corrected chi connectivity index (χ4v) is 2.06. The van der Waals surface area contributed by atoms with Gasteiger partial charge in [0.05, 0.1) is 11.9 Å². The van der Waals surface area contributed by atoms with Crippen LogP contribution in [0.4, 0.5) is 0 Å². The van der Waals surface area contributed by atoms with E-state index in [4.69, 9.17) is 32.9 Å². The fourth-order valence-electron chi connectivity index (χ4n) is 0.562. The lowest BCUT2D eigenvalue weighted by atomic mass is 10.4. The highest BCUT2D eigenvalue weighted by molar-refractivity contribution is 6.32. The number of nitriles is 1. The first-order valence-corrected chi connectivity index (χ1v) is 6.04. The molecule has 5 heteroatoms. The van der Waals surface area contributed by atoms with Crippen LogP contribution in [0.1, 0.15) is 12.8 Å². The Morgan fingerprint density at radius 2 is 2.36 bits per heavy atom. The van der Waals surface area contributed by atoms with Crippen LogP contribution in [0.5, 0.6) is 0 Å². The van der Waals surface area contributed by atoms with Crippen molar-refractivity contribution in [1.29, 1.82) is 5.26 Å². The van der Waals surface area contributed by atoms with Crippen LogP contribution >= 0.6 is 23.2 Å². The molecule has 0 bridgehead atoms. The van der Waals surface area contributed by atoms with Gasteiger partial charge in [-0.1, -0.05) is 11.6 Å². The van der Waals surface area contributed by atoms with Crippen LogP contribution in [0, 0.1) is 11.3 Å². The van der Waals surface area contributed by atoms with Crippen LogP contribution < -0.4 is 0 Å². The molecule has 0 rings (SSSR count). The minimum Gasteiger partial charge on any atom is -0.407 e. The Kier molecular flexibility index (Phi) is 8.53. The van der Waals surface area contributed by atoms with Gasteiger partial charge in [-0.05, 0) is 12.5 Å². The Morgan fingerprint density at radius 3 is 2.91 bits per heavy atom. The third-order valence-electron chi connectivity index (χ3n) is 1.10. The van der Waals surface area contributed by atoms with Gasteiger partial charge in [0, 0.05) is 6.42 Å². The van der Waals surface area contributed by atoms with E-state index in [-0.39, 0.29) is 5.56 Å². The van der Waals surface area contributed by atoms with E-state index in [9.17, 15) is 0 Å². The molecule has 0 heterocycles. The SMILES string of the molecule is N#CCCC[SiH2]OC(Cl)CCl. The van der Waals surface area contributed by atoms with E-state index >= 15 is 0 Å². The fraction of sp³-hybridized carbons (Fsp3) is 0.833. The molecular weight excluding hydrogens is 201 g/mol. The van der Waals surface area contributed by atoms with Gasteiger partial charge in [-0.25, -0.2) is 0 Å². The van der Waals surface area contributed by atoms with E-state index < -0.39 is 9.76 Å². The minimum absolute atomic E-state index is 0.328. The normalized spacial score (nSPS) is 13.5. The summed E-state index contributed by atoms with van der Waals surface area (Å²) < 4.78 is 5.20. The van der Waals surface area contributed by atoms with Crippen molar-refractivity contribution in [3.63, 3.8) is 0 Å². The van der Waals surface area contributed by atoms with Crippen molar-refractivity contribution in [2.24, 2.45) is 0 Å². The summed E-state index contributed by atoms with van der Waals surface area (Å²) >= 11 is 11.0. The van der Waals surface area contributed by atoms with Crippen LogP contribution in [0.3, 0.4) is 0 Å². The summed E-state index contributed by atoms with van der Waals surface area (Å²) in [6.07, 6.45) is 1.54. The maximum Gasteiger partial charge on any atom is 0.163 e. The van der Waals surface area contributed by atoms with Crippen LogP contribution in [-0.2, 0) is 4.43 Å². The average Bonchev–Trinajstić information content (AvgIpc) is 2.04. The topological polar surface area (TPSA) is 33.0 Å². The zero-order valence-corrected chi connectivity index (χ0v) is 9.15. The highest BCUT2D eigenvalue weighted by Gasteiger charge is 2.00. The number of nitrogens with zero attached hydrogens (tertiary/aromatic N) is 1. The van der Waals surface area contributed by atoms with Gasteiger partial charge in [0.1, 0.15) is 5.56 Å². The smallest absolute Gasteiger partial charge is 0.163 e. The molecular formula is C6H11Cl2NOSi. The number of alkyl halides is 2. The summed E-state index contributed by atoms with van der Waals surface area (Å²) in [5.41, 5.74) is -0.328. The van der Waals surface area contributed by atoms with Gasteiger partial charge in [0.2, 0.25) is 0 Å². The number of hydrogen-bond acceptors (Lipinski definition) is 2. The summed E-state index contributed by atoms with van der Waals surface area (Å²) in [6.45, 7) is 0. The van der Waals surface area contributed by atoms with E-state index in [2.05, 4.69) is 6.07 Å². The molecule has 1 atom stereocenters. The molecule has 1 unspecified atom stereocenters. The molecule has 0 aromatic carbocycles. The predicted molar refractivity (Wildman–Crippen MR) is 49.6 cm³/mol. The Bertz CT molecular complexity index is 128. The monoisotopic (exact) mass is 211 g/mol. The van der Waals surface area contributed by atoms with Crippen molar-refractivity contribution >= 4 is 33.0 Å². The maximum absolute atomic E-state index is 8.20. The summed E-state index contributed by atoms with van der Waals surface area (Å²) in [6, 6.07) is 3.09. The summed E-state index contributed by atoms with van der Waals surface area (Å²) in [4.78, 5) is 0. The zero-order chi connectivity index (χ0) is 8.53. The second-order valence-electron chi connectivity index (χ2n) is 2.05. The Morgan fingerprint density at radius 1 is 1.64 bits per heavy atom. The standard InChI is InChI=1S/C6H11Cl2NOSi/c7-5-6(8)10-11-4-2-1-3-9/h6H,1-2,4-5,11H2. The highest BCUT2D eigenvalue weighted by Crippen LogP contribution is 2.02. The third kappa shape index (κ3) is 8.15. The van der Waals surface area contributed by atoms with E-state index in [0.29, 0.717) is 12.3 Å². The first-order valence-electron chi connectivity index (χ1n) is 3.50. The van der Waals surface area contributed by atoms with Crippen LogP contribution in [-0.4, -0.2) is 21.2 Å². The average molecular weight is 212 g/mol. The van der Waals surface area contributed by atoms with Gasteiger partial charge < -0.3 is 4.43 Å². The first-order chi connectivity index (χ1) is 5.31. The van der Waals surface area contributed by atoms with Crippen LogP contribution in [0.2, 0.25) is 6.04 Å². The molecule has 0 N–H and O–H groups in total. The number of halogens is 2. The van der Waals surface area contributed by atoms with E-state index in [1.165, 1.54) is 0 Å². The van der Waals surface area contributed by atoms with E-state index in [1.807, 2.05) is 0 Å². The van der Waals surface area contributed by atoms with Crippen molar-refractivity contribution in [2.45, 2.75) is 24.4 Å². The van der Waals surface area contributed by atoms with E-state index in [0.717, 1.165) is 12.5 Å². The summed E-state index contributed by atoms with van der Waals surface area (Å²) in [7, 11) is -0.535. The Labute approximate surface area is 79.4 Å². The van der Waals surface area contributed by atoms with Gasteiger partial charge >= 0.3 is 0 Å². The molecule has 2 nitrogen and oxygen atoms in total. The molecule has 0 radical (unpaired) electrons. The molecule has 0 aromatic rings. The lowest BCUT2D eigenvalue weighted by Crippen LogP contribution is -2.09. The highest BCUT2D eigenvalue weighted by atomic mass is 35.5. The molecule has 0 saturated heterocycles.